The third-order valence-corrected chi connectivity index (χ3v) is 6.20. The van der Waals surface area contributed by atoms with Gasteiger partial charge in [0.15, 0.2) is 9.84 Å². The summed E-state index contributed by atoms with van der Waals surface area (Å²) < 4.78 is 29.2. The fourth-order valence-corrected chi connectivity index (χ4v) is 5.41. The predicted molar refractivity (Wildman–Crippen MR) is 74.2 cm³/mol. The van der Waals surface area contributed by atoms with Crippen LogP contribution in [0.2, 0.25) is 0 Å². The first-order valence-corrected chi connectivity index (χ1v) is 9.24. The Morgan fingerprint density at radius 3 is 2.55 bits per heavy atom. The minimum absolute atomic E-state index is 0.0621. The quantitative estimate of drug-likeness (QED) is 0.764. The third-order valence-electron chi connectivity index (χ3n) is 4.48. The average Bonchev–Trinajstić information content (AvgIpc) is 3.08. The average molecular weight is 302 g/mol. The number of amides is 1. The second-order valence-electron chi connectivity index (χ2n) is 6.00. The van der Waals surface area contributed by atoms with Gasteiger partial charge in [0.25, 0.3) is 0 Å². The summed E-state index contributed by atoms with van der Waals surface area (Å²) >= 11 is 0. The molecule has 3 rings (SSSR count). The van der Waals surface area contributed by atoms with E-state index in [0.717, 1.165) is 38.8 Å². The lowest BCUT2D eigenvalue weighted by Crippen LogP contribution is -2.52. The molecule has 0 aromatic carbocycles. The normalized spacial score (nSPS) is 37.3. The summed E-state index contributed by atoms with van der Waals surface area (Å²) in [5.41, 5.74) is 0. The maximum atomic E-state index is 12.1. The number of carbonyl (C=O) groups is 1. The van der Waals surface area contributed by atoms with Gasteiger partial charge in [-0.2, -0.15) is 0 Å². The lowest BCUT2D eigenvalue weighted by molar-refractivity contribution is -0.131. The van der Waals surface area contributed by atoms with Crippen LogP contribution in [0.4, 0.5) is 0 Å². The minimum atomic E-state index is -3.05. The van der Waals surface area contributed by atoms with E-state index in [1.807, 2.05) is 0 Å². The fourth-order valence-electron chi connectivity index (χ4n) is 3.46. The molecule has 0 unspecified atom stereocenters. The molecular formula is C13H22N2O4S. The number of hydrogen-bond donors (Lipinski definition) is 1. The van der Waals surface area contributed by atoms with Crippen LogP contribution in [0, 0.1) is 0 Å². The zero-order valence-corrected chi connectivity index (χ0v) is 12.4. The molecule has 0 aromatic heterocycles. The van der Waals surface area contributed by atoms with E-state index in [2.05, 4.69) is 10.2 Å². The van der Waals surface area contributed by atoms with Crippen molar-refractivity contribution in [3.8, 4) is 0 Å². The van der Waals surface area contributed by atoms with E-state index < -0.39 is 15.9 Å². The number of likely N-dealkylation sites (tertiary alicyclic amines) is 1. The van der Waals surface area contributed by atoms with Gasteiger partial charge in [0.05, 0.1) is 17.5 Å². The molecule has 20 heavy (non-hydrogen) atoms. The Hall–Kier alpha value is -0.660. The lowest BCUT2D eigenvalue weighted by Gasteiger charge is -2.28. The van der Waals surface area contributed by atoms with Crippen molar-refractivity contribution in [1.82, 2.24) is 10.2 Å². The van der Waals surface area contributed by atoms with E-state index >= 15 is 0 Å². The van der Waals surface area contributed by atoms with Crippen LogP contribution in [-0.2, 0) is 19.4 Å². The second kappa shape index (κ2) is 5.61. The summed E-state index contributed by atoms with van der Waals surface area (Å²) in [4.78, 5) is 14.3. The van der Waals surface area contributed by atoms with Crippen LogP contribution in [0.5, 0.6) is 0 Å². The number of ether oxygens (including phenoxy) is 1. The summed E-state index contributed by atoms with van der Waals surface area (Å²) in [5.74, 6) is 0.0876. The molecular weight excluding hydrogens is 280 g/mol. The van der Waals surface area contributed by atoms with Gasteiger partial charge in [-0.05, 0) is 38.8 Å². The van der Waals surface area contributed by atoms with Crippen molar-refractivity contribution in [2.45, 2.75) is 43.9 Å². The van der Waals surface area contributed by atoms with Crippen LogP contribution >= 0.6 is 0 Å². The van der Waals surface area contributed by atoms with Gasteiger partial charge in [-0.3, -0.25) is 9.69 Å². The van der Waals surface area contributed by atoms with Gasteiger partial charge in [0, 0.05) is 12.6 Å². The van der Waals surface area contributed by atoms with E-state index in [4.69, 9.17) is 4.74 Å². The number of nitrogens with one attached hydrogen (secondary N) is 1. The highest BCUT2D eigenvalue weighted by Crippen LogP contribution is 2.23. The highest BCUT2D eigenvalue weighted by molar-refractivity contribution is 7.91. The number of sulfone groups is 1. The van der Waals surface area contributed by atoms with Crippen molar-refractivity contribution in [2.75, 3.05) is 31.2 Å². The van der Waals surface area contributed by atoms with Crippen molar-refractivity contribution in [1.29, 1.82) is 0 Å². The Labute approximate surface area is 119 Å². The predicted octanol–water partition coefficient (Wildman–Crippen LogP) is -0.457. The Bertz CT molecular complexity index is 467. The van der Waals surface area contributed by atoms with Crippen LogP contribution in [0.3, 0.4) is 0 Å². The van der Waals surface area contributed by atoms with Crippen LogP contribution in [0.1, 0.15) is 25.7 Å². The molecule has 0 aromatic rings. The van der Waals surface area contributed by atoms with Crippen LogP contribution < -0.4 is 5.32 Å². The second-order valence-corrected chi connectivity index (χ2v) is 8.16. The first-order chi connectivity index (χ1) is 9.55. The molecule has 3 heterocycles. The molecule has 0 bridgehead atoms. The molecule has 0 radical (unpaired) electrons. The van der Waals surface area contributed by atoms with Crippen molar-refractivity contribution in [2.24, 2.45) is 0 Å². The molecule has 3 aliphatic rings. The van der Waals surface area contributed by atoms with Crippen LogP contribution in [0.15, 0.2) is 0 Å². The van der Waals surface area contributed by atoms with E-state index in [1.54, 1.807) is 0 Å². The topological polar surface area (TPSA) is 75.7 Å². The van der Waals surface area contributed by atoms with Gasteiger partial charge < -0.3 is 10.1 Å². The summed E-state index contributed by atoms with van der Waals surface area (Å²) in [6.07, 6.45) is 3.47. The number of rotatable bonds is 3. The smallest absolute Gasteiger partial charge is 0.249 e. The monoisotopic (exact) mass is 302 g/mol. The Balaban J connectivity index is 1.67. The van der Waals surface area contributed by atoms with Gasteiger partial charge >= 0.3 is 0 Å². The van der Waals surface area contributed by atoms with E-state index in [1.165, 1.54) is 0 Å². The first kappa shape index (κ1) is 14.3. The zero-order chi connectivity index (χ0) is 14.2. The van der Waals surface area contributed by atoms with E-state index in [0.29, 0.717) is 6.61 Å². The Morgan fingerprint density at radius 2 is 1.90 bits per heavy atom. The largest absolute Gasteiger partial charge is 0.368 e. The molecule has 1 N–H and O–H groups in total. The van der Waals surface area contributed by atoms with Gasteiger partial charge in [0.1, 0.15) is 6.10 Å². The lowest BCUT2D eigenvalue weighted by atomic mass is 10.1. The zero-order valence-electron chi connectivity index (χ0n) is 11.6. The molecule has 6 nitrogen and oxygen atoms in total. The molecule has 3 atom stereocenters. The summed E-state index contributed by atoms with van der Waals surface area (Å²) in [6.45, 7) is 2.50. The Morgan fingerprint density at radius 1 is 1.15 bits per heavy atom. The van der Waals surface area contributed by atoms with E-state index in [9.17, 15) is 13.2 Å². The number of carbonyl (C=O) groups excluding carboxylic acids is 1. The molecule has 0 spiro atoms. The summed E-state index contributed by atoms with van der Waals surface area (Å²) in [5, 5.41) is 2.92. The molecule has 3 saturated heterocycles. The standard InChI is InChI=1S/C13H22N2O4S/c16-13(12-4-3-7-19-12)14-10-8-20(17,18)9-11(10)15-5-1-2-6-15/h10-12H,1-9H2,(H,14,16)/t10-,11+,12-/m1/s1. The molecule has 114 valence electrons. The Kier molecular flexibility index (Phi) is 4.01. The van der Waals surface area contributed by atoms with Crippen molar-refractivity contribution in [3.05, 3.63) is 0 Å². The molecule has 0 aliphatic carbocycles. The first-order valence-electron chi connectivity index (χ1n) is 7.42. The maximum absolute atomic E-state index is 12.1. The SMILES string of the molecule is O=C(N[C@@H]1CS(=O)(=O)C[C@@H]1N1CCCC1)[C@H]1CCCO1. The van der Waals surface area contributed by atoms with Crippen LogP contribution in [-0.4, -0.2) is 68.6 Å². The summed E-state index contributed by atoms with van der Waals surface area (Å²) in [7, 11) is -3.05. The highest BCUT2D eigenvalue weighted by Gasteiger charge is 2.43. The number of nitrogens with zero attached hydrogens (tertiary/aromatic N) is 1. The molecule has 7 heteroatoms. The van der Waals surface area contributed by atoms with Gasteiger partial charge in [-0.15, -0.1) is 0 Å². The third kappa shape index (κ3) is 2.99. The molecule has 1 amide bonds. The molecule has 3 aliphatic heterocycles. The van der Waals surface area contributed by atoms with Crippen molar-refractivity contribution >= 4 is 15.7 Å². The van der Waals surface area contributed by atoms with E-state index in [-0.39, 0.29) is 29.5 Å². The number of hydrogen-bond acceptors (Lipinski definition) is 5. The maximum Gasteiger partial charge on any atom is 0.249 e. The summed E-state index contributed by atoms with van der Waals surface area (Å²) in [6, 6.07) is -0.345. The molecule has 3 fully saturated rings. The van der Waals surface area contributed by atoms with Gasteiger partial charge in [-0.25, -0.2) is 8.42 Å². The van der Waals surface area contributed by atoms with Gasteiger partial charge in [0.2, 0.25) is 5.91 Å². The minimum Gasteiger partial charge on any atom is -0.368 e. The van der Waals surface area contributed by atoms with Crippen molar-refractivity contribution in [3.63, 3.8) is 0 Å². The van der Waals surface area contributed by atoms with Crippen LogP contribution in [0.25, 0.3) is 0 Å². The van der Waals surface area contributed by atoms with Crippen molar-refractivity contribution < 1.29 is 17.9 Å². The molecule has 0 saturated carbocycles. The fraction of sp³-hybridized carbons (Fsp3) is 0.923. The highest BCUT2D eigenvalue weighted by atomic mass is 32.2. The van der Waals surface area contributed by atoms with Gasteiger partial charge in [-0.1, -0.05) is 0 Å².